The highest BCUT2D eigenvalue weighted by Crippen LogP contribution is 2.27. The van der Waals surface area contributed by atoms with Gasteiger partial charge in [-0.05, 0) is 40.5 Å². The van der Waals surface area contributed by atoms with Gasteiger partial charge >= 0.3 is 0 Å². The number of ether oxygens (including phenoxy) is 2. The molecule has 1 aromatic carbocycles. The first-order valence-corrected chi connectivity index (χ1v) is 6.22. The van der Waals surface area contributed by atoms with E-state index in [0.717, 1.165) is 42.1 Å². The molecule has 0 heterocycles. The van der Waals surface area contributed by atoms with Gasteiger partial charge in [0.05, 0.1) is 18.2 Å². The first-order valence-electron chi connectivity index (χ1n) is 5.43. The second-order valence-electron chi connectivity index (χ2n) is 3.39. The molecule has 1 aromatic rings. The number of hydrogen-bond acceptors (Lipinski definition) is 3. The summed E-state index contributed by atoms with van der Waals surface area (Å²) in [7, 11) is 1.66. The van der Waals surface area contributed by atoms with E-state index in [1.165, 1.54) is 0 Å². The van der Waals surface area contributed by atoms with Crippen molar-refractivity contribution in [3.63, 3.8) is 0 Å². The maximum Gasteiger partial charge on any atom is 0.133 e. The molecule has 0 atom stereocenters. The topological polar surface area (TPSA) is 30.5 Å². The van der Waals surface area contributed by atoms with Crippen molar-refractivity contribution >= 4 is 21.6 Å². The Labute approximate surface area is 105 Å². The lowest BCUT2D eigenvalue weighted by atomic mass is 10.3. The van der Waals surface area contributed by atoms with Crippen molar-refractivity contribution < 1.29 is 9.47 Å². The number of halogens is 1. The molecule has 0 aliphatic carbocycles. The van der Waals surface area contributed by atoms with Crippen LogP contribution in [0.25, 0.3) is 0 Å². The molecular formula is C12H18BrNO2. The van der Waals surface area contributed by atoms with Crippen LogP contribution in [-0.2, 0) is 4.74 Å². The average molecular weight is 288 g/mol. The first kappa shape index (κ1) is 13.3. The van der Waals surface area contributed by atoms with Crippen LogP contribution < -0.4 is 10.1 Å². The standard InChI is InChI=1S/C12H18BrNO2/c1-3-7-16-8-6-14-10-4-5-12(15-2)11(13)9-10/h4-5,9,14H,3,6-8H2,1-2H3. The van der Waals surface area contributed by atoms with Gasteiger partial charge in [-0.15, -0.1) is 0 Å². The van der Waals surface area contributed by atoms with E-state index in [1.807, 2.05) is 18.2 Å². The van der Waals surface area contributed by atoms with E-state index in [-0.39, 0.29) is 0 Å². The summed E-state index contributed by atoms with van der Waals surface area (Å²) in [5, 5.41) is 3.29. The van der Waals surface area contributed by atoms with Crippen molar-refractivity contribution in [3.8, 4) is 5.75 Å². The third-order valence-electron chi connectivity index (χ3n) is 2.08. The Morgan fingerprint density at radius 2 is 2.12 bits per heavy atom. The normalized spacial score (nSPS) is 10.2. The molecule has 0 bridgehead atoms. The molecule has 0 aliphatic heterocycles. The lowest BCUT2D eigenvalue weighted by molar-refractivity contribution is 0.144. The van der Waals surface area contributed by atoms with Crippen molar-refractivity contribution in [2.24, 2.45) is 0 Å². The van der Waals surface area contributed by atoms with Crippen molar-refractivity contribution in [1.82, 2.24) is 0 Å². The van der Waals surface area contributed by atoms with Crippen LogP contribution in [-0.4, -0.2) is 26.9 Å². The summed E-state index contributed by atoms with van der Waals surface area (Å²) in [6.45, 7) is 4.48. The van der Waals surface area contributed by atoms with E-state index >= 15 is 0 Å². The Kier molecular flexibility index (Phi) is 6.26. The molecule has 90 valence electrons. The highest BCUT2D eigenvalue weighted by Gasteiger charge is 2.00. The van der Waals surface area contributed by atoms with Gasteiger partial charge in [0.15, 0.2) is 0 Å². The average Bonchev–Trinajstić information content (AvgIpc) is 2.29. The number of anilines is 1. The van der Waals surface area contributed by atoms with Crippen LogP contribution in [0, 0.1) is 0 Å². The van der Waals surface area contributed by atoms with Crippen LogP contribution in [0.15, 0.2) is 22.7 Å². The van der Waals surface area contributed by atoms with Crippen LogP contribution in [0.2, 0.25) is 0 Å². The zero-order valence-corrected chi connectivity index (χ0v) is 11.3. The molecule has 0 spiro atoms. The summed E-state index contributed by atoms with van der Waals surface area (Å²) < 4.78 is 11.5. The van der Waals surface area contributed by atoms with Gasteiger partial charge in [0, 0.05) is 18.8 Å². The summed E-state index contributed by atoms with van der Waals surface area (Å²) in [5.74, 6) is 0.841. The Hall–Kier alpha value is -0.740. The second kappa shape index (κ2) is 7.52. The summed E-state index contributed by atoms with van der Waals surface area (Å²) in [5.41, 5.74) is 1.06. The minimum absolute atomic E-state index is 0.734. The molecule has 0 radical (unpaired) electrons. The van der Waals surface area contributed by atoms with Crippen molar-refractivity contribution in [2.75, 3.05) is 32.2 Å². The maximum absolute atomic E-state index is 5.38. The lowest BCUT2D eigenvalue weighted by Crippen LogP contribution is -2.09. The van der Waals surface area contributed by atoms with Gasteiger partial charge in [-0.25, -0.2) is 0 Å². The molecule has 4 heteroatoms. The third kappa shape index (κ3) is 4.41. The van der Waals surface area contributed by atoms with E-state index < -0.39 is 0 Å². The predicted octanol–water partition coefficient (Wildman–Crippen LogP) is 3.30. The Morgan fingerprint density at radius 3 is 2.75 bits per heavy atom. The quantitative estimate of drug-likeness (QED) is 0.781. The molecule has 1 N–H and O–H groups in total. The molecule has 0 aliphatic rings. The van der Waals surface area contributed by atoms with E-state index in [9.17, 15) is 0 Å². The van der Waals surface area contributed by atoms with Gasteiger partial charge in [0.25, 0.3) is 0 Å². The smallest absolute Gasteiger partial charge is 0.133 e. The molecule has 0 fully saturated rings. The predicted molar refractivity (Wildman–Crippen MR) is 70.3 cm³/mol. The second-order valence-corrected chi connectivity index (χ2v) is 4.24. The number of methoxy groups -OCH3 is 1. The van der Waals surface area contributed by atoms with Crippen molar-refractivity contribution in [3.05, 3.63) is 22.7 Å². The van der Waals surface area contributed by atoms with E-state index in [4.69, 9.17) is 9.47 Å². The number of rotatable bonds is 7. The Bertz CT molecular complexity index is 318. The highest BCUT2D eigenvalue weighted by atomic mass is 79.9. The number of benzene rings is 1. The summed E-state index contributed by atoms with van der Waals surface area (Å²) >= 11 is 3.44. The molecule has 0 unspecified atom stereocenters. The van der Waals surface area contributed by atoms with Gasteiger partial charge in [0.2, 0.25) is 0 Å². The number of hydrogen-bond donors (Lipinski definition) is 1. The minimum Gasteiger partial charge on any atom is -0.496 e. The molecule has 0 aromatic heterocycles. The lowest BCUT2D eigenvalue weighted by Gasteiger charge is -2.09. The van der Waals surface area contributed by atoms with Crippen LogP contribution in [0.3, 0.4) is 0 Å². The van der Waals surface area contributed by atoms with Crippen LogP contribution >= 0.6 is 15.9 Å². The Balaban J connectivity index is 2.34. The first-order chi connectivity index (χ1) is 7.77. The highest BCUT2D eigenvalue weighted by molar-refractivity contribution is 9.10. The molecule has 16 heavy (non-hydrogen) atoms. The Morgan fingerprint density at radius 1 is 1.31 bits per heavy atom. The SMILES string of the molecule is CCCOCCNc1ccc(OC)c(Br)c1. The largest absolute Gasteiger partial charge is 0.496 e. The van der Waals surface area contributed by atoms with Crippen LogP contribution in [0.4, 0.5) is 5.69 Å². The van der Waals surface area contributed by atoms with Gasteiger partial charge in [-0.3, -0.25) is 0 Å². The van der Waals surface area contributed by atoms with Gasteiger partial charge < -0.3 is 14.8 Å². The molecule has 0 amide bonds. The molecule has 0 saturated carbocycles. The van der Waals surface area contributed by atoms with Crippen molar-refractivity contribution in [1.29, 1.82) is 0 Å². The maximum atomic E-state index is 5.38. The van der Waals surface area contributed by atoms with E-state index in [1.54, 1.807) is 7.11 Å². The zero-order chi connectivity index (χ0) is 11.8. The fourth-order valence-corrected chi connectivity index (χ4v) is 1.83. The molecular weight excluding hydrogens is 270 g/mol. The van der Waals surface area contributed by atoms with Gasteiger partial charge in [-0.1, -0.05) is 6.92 Å². The third-order valence-corrected chi connectivity index (χ3v) is 2.70. The van der Waals surface area contributed by atoms with Crippen LogP contribution in [0.1, 0.15) is 13.3 Å². The fourth-order valence-electron chi connectivity index (χ4n) is 1.29. The molecule has 1 rings (SSSR count). The van der Waals surface area contributed by atoms with Crippen LogP contribution in [0.5, 0.6) is 5.75 Å². The van der Waals surface area contributed by atoms with Gasteiger partial charge in [0.1, 0.15) is 5.75 Å². The summed E-state index contributed by atoms with van der Waals surface area (Å²) in [6.07, 6.45) is 1.06. The van der Waals surface area contributed by atoms with E-state index in [0.29, 0.717) is 0 Å². The zero-order valence-electron chi connectivity index (χ0n) is 9.75. The molecule has 0 saturated heterocycles. The number of nitrogens with one attached hydrogen (secondary N) is 1. The fraction of sp³-hybridized carbons (Fsp3) is 0.500. The van der Waals surface area contributed by atoms with Crippen molar-refractivity contribution in [2.45, 2.75) is 13.3 Å². The van der Waals surface area contributed by atoms with Gasteiger partial charge in [-0.2, -0.15) is 0 Å². The van der Waals surface area contributed by atoms with E-state index in [2.05, 4.69) is 28.2 Å². The summed E-state index contributed by atoms with van der Waals surface area (Å²) in [4.78, 5) is 0. The minimum atomic E-state index is 0.734. The molecule has 3 nitrogen and oxygen atoms in total. The monoisotopic (exact) mass is 287 g/mol. The summed E-state index contributed by atoms with van der Waals surface area (Å²) in [6, 6.07) is 5.92.